The predicted octanol–water partition coefficient (Wildman–Crippen LogP) is 1.46. The molecule has 0 spiro atoms. The summed E-state index contributed by atoms with van der Waals surface area (Å²) in [4.78, 5) is 6.73. The van der Waals surface area contributed by atoms with Crippen molar-refractivity contribution < 1.29 is 4.74 Å². The fraction of sp³-hybridized carbons (Fsp3) is 0.333. The van der Waals surface area contributed by atoms with Crippen molar-refractivity contribution in [2.45, 2.75) is 6.92 Å². The van der Waals surface area contributed by atoms with Crippen LogP contribution in [0.5, 0.6) is 5.75 Å². The number of ether oxygens (including phenoxy) is 1. The van der Waals surface area contributed by atoms with Crippen LogP contribution >= 0.6 is 12.2 Å². The van der Waals surface area contributed by atoms with Gasteiger partial charge in [0.15, 0.2) is 10.4 Å². The lowest BCUT2D eigenvalue weighted by Gasteiger charge is -2.01. The second kappa shape index (κ2) is 2.79. The van der Waals surface area contributed by atoms with Crippen LogP contribution in [-0.2, 0) is 0 Å². The molecule has 4 heteroatoms. The zero-order valence-electron chi connectivity index (χ0n) is 5.84. The van der Waals surface area contributed by atoms with E-state index in [2.05, 4.69) is 9.97 Å². The summed E-state index contributed by atoms with van der Waals surface area (Å²) in [5.74, 6) is 0.650. The average molecular weight is 156 g/mol. The van der Waals surface area contributed by atoms with E-state index < -0.39 is 0 Å². The Hall–Kier alpha value is -0.900. The molecule has 0 radical (unpaired) electrons. The fourth-order valence-corrected chi connectivity index (χ4v) is 1.00. The number of hydrogen-bond acceptors (Lipinski definition) is 3. The van der Waals surface area contributed by atoms with E-state index in [4.69, 9.17) is 17.0 Å². The van der Waals surface area contributed by atoms with Crippen molar-refractivity contribution in [2.24, 2.45) is 0 Å². The van der Waals surface area contributed by atoms with Crippen molar-refractivity contribution in [3.05, 3.63) is 16.7 Å². The van der Waals surface area contributed by atoms with Crippen molar-refractivity contribution in [1.29, 1.82) is 0 Å². The smallest absolute Gasteiger partial charge is 0.174 e. The summed E-state index contributed by atoms with van der Waals surface area (Å²) in [6.07, 6.45) is 1.56. The van der Waals surface area contributed by atoms with Crippen LogP contribution in [0, 0.1) is 11.6 Å². The van der Waals surface area contributed by atoms with Gasteiger partial charge in [-0.1, -0.05) is 12.2 Å². The summed E-state index contributed by atoms with van der Waals surface area (Å²) in [6, 6.07) is 0. The van der Waals surface area contributed by atoms with E-state index in [1.54, 1.807) is 13.4 Å². The first-order chi connectivity index (χ1) is 4.75. The van der Waals surface area contributed by atoms with Crippen LogP contribution in [0.15, 0.2) is 6.33 Å². The summed E-state index contributed by atoms with van der Waals surface area (Å²) in [5, 5.41) is 0. The van der Waals surface area contributed by atoms with Gasteiger partial charge in [-0.2, -0.15) is 0 Å². The summed E-state index contributed by atoms with van der Waals surface area (Å²) in [5.41, 5.74) is 0.905. The number of H-pyrrole nitrogens is 1. The van der Waals surface area contributed by atoms with Gasteiger partial charge in [0, 0.05) is 0 Å². The van der Waals surface area contributed by atoms with E-state index in [1.807, 2.05) is 6.92 Å². The van der Waals surface area contributed by atoms with Gasteiger partial charge >= 0.3 is 0 Å². The Kier molecular flexibility index (Phi) is 2.01. The quantitative estimate of drug-likeness (QED) is 0.625. The topological polar surface area (TPSA) is 37.9 Å². The highest BCUT2D eigenvalue weighted by atomic mass is 32.1. The molecule has 3 nitrogen and oxygen atoms in total. The van der Waals surface area contributed by atoms with E-state index in [9.17, 15) is 0 Å². The molecule has 1 aromatic heterocycles. The lowest BCUT2D eigenvalue weighted by molar-refractivity contribution is 0.405. The van der Waals surface area contributed by atoms with Crippen LogP contribution in [0.4, 0.5) is 0 Å². The van der Waals surface area contributed by atoms with Crippen LogP contribution in [0.3, 0.4) is 0 Å². The van der Waals surface area contributed by atoms with Gasteiger partial charge in [0.2, 0.25) is 0 Å². The lowest BCUT2D eigenvalue weighted by Crippen LogP contribution is -1.92. The highest BCUT2D eigenvalue weighted by Crippen LogP contribution is 2.12. The standard InChI is InChI=1S/C6H8N2OS/c1-4-5(9-2)6(10)8-3-7-4/h3H,1-2H3,(H,7,8,10). The van der Waals surface area contributed by atoms with Crippen LogP contribution in [0.25, 0.3) is 0 Å². The first-order valence-corrected chi connectivity index (χ1v) is 3.25. The average Bonchev–Trinajstić information content (AvgIpc) is 1.88. The Morgan fingerprint density at radius 2 is 2.40 bits per heavy atom. The van der Waals surface area contributed by atoms with Gasteiger partial charge in [-0.05, 0) is 6.92 Å². The van der Waals surface area contributed by atoms with E-state index in [0.29, 0.717) is 10.4 Å². The molecule has 10 heavy (non-hydrogen) atoms. The summed E-state index contributed by atoms with van der Waals surface area (Å²) < 4.78 is 5.48. The number of methoxy groups -OCH3 is 1. The number of aromatic amines is 1. The minimum atomic E-state index is 0.499. The normalized spacial score (nSPS) is 9.40. The monoisotopic (exact) mass is 156 g/mol. The maximum atomic E-state index is 4.98. The number of aryl methyl sites for hydroxylation is 1. The number of hydrogen-bond donors (Lipinski definition) is 1. The number of nitrogens with zero attached hydrogens (tertiary/aromatic N) is 1. The van der Waals surface area contributed by atoms with Gasteiger partial charge in [-0.25, -0.2) is 4.98 Å². The van der Waals surface area contributed by atoms with Crippen LogP contribution in [0.1, 0.15) is 5.69 Å². The molecule has 0 aromatic carbocycles. The Balaban J connectivity index is 3.31. The highest BCUT2D eigenvalue weighted by Gasteiger charge is 1.97. The molecule has 1 N–H and O–H groups in total. The minimum absolute atomic E-state index is 0.499. The van der Waals surface area contributed by atoms with Crippen LogP contribution in [0.2, 0.25) is 0 Å². The molecule has 0 aliphatic heterocycles. The highest BCUT2D eigenvalue weighted by molar-refractivity contribution is 7.71. The molecule has 0 saturated heterocycles. The first-order valence-electron chi connectivity index (χ1n) is 2.84. The molecule has 54 valence electrons. The third-order valence-electron chi connectivity index (χ3n) is 1.20. The van der Waals surface area contributed by atoms with Gasteiger partial charge in [0.05, 0.1) is 19.1 Å². The van der Waals surface area contributed by atoms with E-state index >= 15 is 0 Å². The Morgan fingerprint density at radius 1 is 1.70 bits per heavy atom. The van der Waals surface area contributed by atoms with Crippen molar-refractivity contribution in [1.82, 2.24) is 9.97 Å². The third kappa shape index (κ3) is 1.16. The van der Waals surface area contributed by atoms with Crippen molar-refractivity contribution in [2.75, 3.05) is 7.11 Å². The second-order valence-electron chi connectivity index (χ2n) is 1.87. The van der Waals surface area contributed by atoms with E-state index in [0.717, 1.165) is 5.69 Å². The maximum absolute atomic E-state index is 4.98. The van der Waals surface area contributed by atoms with Gasteiger partial charge in [-0.15, -0.1) is 0 Å². The summed E-state index contributed by atoms with van der Waals surface area (Å²) in [7, 11) is 1.58. The number of nitrogens with one attached hydrogen (secondary N) is 1. The van der Waals surface area contributed by atoms with Crippen LogP contribution < -0.4 is 4.74 Å². The molecule has 0 saturated carbocycles. The molecule has 0 bridgehead atoms. The molecule has 1 aromatic rings. The first kappa shape index (κ1) is 7.21. The van der Waals surface area contributed by atoms with Gasteiger partial charge in [-0.3, -0.25) is 0 Å². The molecule has 0 fully saturated rings. The number of rotatable bonds is 1. The zero-order chi connectivity index (χ0) is 7.56. The van der Waals surface area contributed by atoms with Crippen molar-refractivity contribution in [3.63, 3.8) is 0 Å². The van der Waals surface area contributed by atoms with E-state index in [-0.39, 0.29) is 0 Å². The molecular formula is C6H8N2OS. The third-order valence-corrected chi connectivity index (χ3v) is 1.49. The largest absolute Gasteiger partial charge is 0.492 e. The lowest BCUT2D eigenvalue weighted by atomic mass is 10.4. The number of aromatic nitrogens is 2. The zero-order valence-corrected chi connectivity index (χ0v) is 6.66. The molecular weight excluding hydrogens is 148 g/mol. The van der Waals surface area contributed by atoms with Gasteiger partial charge in [0.1, 0.15) is 0 Å². The van der Waals surface area contributed by atoms with Gasteiger partial charge < -0.3 is 9.72 Å². The molecule has 0 atom stereocenters. The Labute approximate surface area is 64.1 Å². The molecule has 1 rings (SSSR count). The molecule has 0 aliphatic rings. The summed E-state index contributed by atoms with van der Waals surface area (Å²) in [6.45, 7) is 1.89. The molecule has 0 aliphatic carbocycles. The summed E-state index contributed by atoms with van der Waals surface area (Å²) >= 11 is 4.88. The Morgan fingerprint density at radius 3 is 2.80 bits per heavy atom. The van der Waals surface area contributed by atoms with Crippen LogP contribution in [-0.4, -0.2) is 17.1 Å². The minimum Gasteiger partial charge on any atom is -0.492 e. The molecule has 0 amide bonds. The molecule has 0 unspecified atom stereocenters. The van der Waals surface area contributed by atoms with Crippen molar-refractivity contribution in [3.8, 4) is 5.75 Å². The molecule has 1 heterocycles. The predicted molar refractivity (Wildman–Crippen MR) is 40.7 cm³/mol. The van der Waals surface area contributed by atoms with Gasteiger partial charge in [0.25, 0.3) is 0 Å². The second-order valence-corrected chi connectivity index (χ2v) is 2.25. The Bertz CT molecular complexity index is 281. The maximum Gasteiger partial charge on any atom is 0.174 e. The van der Waals surface area contributed by atoms with Crippen molar-refractivity contribution >= 4 is 12.2 Å². The van der Waals surface area contributed by atoms with E-state index in [1.165, 1.54) is 0 Å². The SMILES string of the molecule is COc1c(C)[nH]cnc1=S. The fourth-order valence-electron chi connectivity index (χ4n) is 0.713.